The van der Waals surface area contributed by atoms with Gasteiger partial charge in [0, 0.05) is 6.07 Å². The Morgan fingerprint density at radius 2 is 1.67 bits per heavy atom. The number of phenolic OH excluding ortho intramolecular Hbond substituents is 3. The normalized spacial score (nSPS) is 29.1. The molecule has 4 rings (SSSR count). The number of ketones is 1. The maximum atomic E-state index is 12.6. The summed E-state index contributed by atoms with van der Waals surface area (Å²) < 4.78 is 16.0. The number of aliphatic hydroxyl groups excluding tert-OH is 3. The quantitative estimate of drug-likeness (QED) is 0.294. The van der Waals surface area contributed by atoms with Crippen molar-refractivity contribution in [1.82, 2.24) is 0 Å². The summed E-state index contributed by atoms with van der Waals surface area (Å²) in [5.41, 5.74) is 0.198. The van der Waals surface area contributed by atoms with E-state index in [4.69, 9.17) is 19.3 Å². The Bertz CT molecular complexity index is 1080. The summed E-state index contributed by atoms with van der Waals surface area (Å²) in [6.45, 7) is 0. The van der Waals surface area contributed by atoms with Crippen LogP contribution in [0.1, 0.15) is 28.4 Å². The molecule has 6 atom stereocenters. The first-order chi connectivity index (χ1) is 15.6. The molecule has 0 amide bonds. The van der Waals surface area contributed by atoms with Gasteiger partial charge in [-0.3, -0.25) is 4.79 Å². The lowest BCUT2D eigenvalue weighted by atomic mass is 9.95. The molecule has 2 heterocycles. The van der Waals surface area contributed by atoms with E-state index in [2.05, 4.69) is 0 Å². The van der Waals surface area contributed by atoms with E-state index < -0.39 is 71.6 Å². The van der Waals surface area contributed by atoms with E-state index in [-0.39, 0.29) is 17.7 Å². The van der Waals surface area contributed by atoms with Gasteiger partial charge in [-0.1, -0.05) is 12.1 Å². The monoisotopic (exact) mass is 464 g/mol. The molecular formula is C21H20O12. The molecule has 7 N–H and O–H groups in total. The smallest absolute Gasteiger partial charge is 0.335 e. The SMILES string of the molecule is O=C1CC(c2ccc(O)cc2)Oc2c(O)c(O[C@@H]3O[C@H](C(=O)O)[C@@H](O)[C@H](O)[C@H]3O)cc(O)c21. The molecule has 2 aliphatic rings. The minimum Gasteiger partial charge on any atom is -0.508 e. The van der Waals surface area contributed by atoms with Crippen LogP contribution in [0.5, 0.6) is 28.7 Å². The third-order valence-corrected chi connectivity index (χ3v) is 5.43. The second-order valence-electron chi connectivity index (χ2n) is 7.62. The number of hydrogen-bond acceptors (Lipinski definition) is 11. The van der Waals surface area contributed by atoms with Crippen LogP contribution in [0.4, 0.5) is 0 Å². The predicted molar refractivity (Wildman–Crippen MR) is 105 cm³/mol. The standard InChI is InChI=1S/C21H20O12/c22-8-3-1-7(2-4-8)11-5-9(23)13-10(24)6-12(14(25)18(13)31-11)32-21-17(28)15(26)16(27)19(33-21)20(29)30/h1-4,6,11,15-17,19,21-22,24-28H,5H2,(H,29,30)/t11?,15-,16-,17+,19-,21+/m0/s1. The van der Waals surface area contributed by atoms with Crippen molar-refractivity contribution in [2.24, 2.45) is 0 Å². The average Bonchev–Trinajstić information content (AvgIpc) is 2.77. The van der Waals surface area contributed by atoms with Crippen LogP contribution in [0.3, 0.4) is 0 Å². The van der Waals surface area contributed by atoms with E-state index >= 15 is 0 Å². The number of carbonyl (C=O) groups excluding carboxylic acids is 1. The summed E-state index contributed by atoms with van der Waals surface area (Å²) >= 11 is 0. The molecule has 0 radical (unpaired) electrons. The maximum Gasteiger partial charge on any atom is 0.335 e. The minimum atomic E-state index is -1.95. The van der Waals surface area contributed by atoms with Crippen molar-refractivity contribution in [2.45, 2.75) is 43.2 Å². The third-order valence-electron chi connectivity index (χ3n) is 5.43. The minimum absolute atomic E-state index is 0.00419. The van der Waals surface area contributed by atoms with Crippen LogP contribution >= 0.6 is 0 Å². The molecule has 12 heteroatoms. The van der Waals surface area contributed by atoms with Crippen LogP contribution < -0.4 is 9.47 Å². The number of benzene rings is 2. The van der Waals surface area contributed by atoms with Gasteiger partial charge < -0.3 is 50.0 Å². The van der Waals surface area contributed by atoms with Gasteiger partial charge in [0.05, 0.1) is 6.42 Å². The van der Waals surface area contributed by atoms with E-state index in [1.807, 2.05) is 0 Å². The van der Waals surface area contributed by atoms with Crippen molar-refractivity contribution in [3.63, 3.8) is 0 Å². The predicted octanol–water partition coefficient (Wildman–Crippen LogP) is -0.219. The highest BCUT2D eigenvalue weighted by Gasteiger charge is 2.48. The molecule has 12 nitrogen and oxygen atoms in total. The van der Waals surface area contributed by atoms with Gasteiger partial charge >= 0.3 is 5.97 Å². The molecule has 1 unspecified atom stereocenters. The number of carboxylic acids is 1. The van der Waals surface area contributed by atoms with Gasteiger partial charge in [0.15, 0.2) is 23.4 Å². The van der Waals surface area contributed by atoms with Gasteiger partial charge in [0.2, 0.25) is 12.0 Å². The number of rotatable bonds is 4. The summed E-state index contributed by atoms with van der Waals surface area (Å²) in [4.78, 5) is 23.9. The second-order valence-corrected chi connectivity index (χ2v) is 7.62. The summed E-state index contributed by atoms with van der Waals surface area (Å²) in [5, 5.41) is 69.4. The number of aliphatic carboxylic acids is 1. The Hall–Kier alpha value is -3.58. The maximum absolute atomic E-state index is 12.6. The largest absolute Gasteiger partial charge is 0.508 e. The molecule has 1 saturated heterocycles. The number of Topliss-reactive ketones (excluding diaryl/α,β-unsaturated/α-hetero) is 1. The number of phenols is 3. The molecule has 0 spiro atoms. The summed E-state index contributed by atoms with van der Waals surface area (Å²) in [7, 11) is 0. The average molecular weight is 464 g/mol. The van der Waals surface area contributed by atoms with Crippen LogP contribution in [0, 0.1) is 0 Å². The first-order valence-corrected chi connectivity index (χ1v) is 9.75. The van der Waals surface area contributed by atoms with Crippen molar-refractivity contribution in [3.05, 3.63) is 41.5 Å². The van der Waals surface area contributed by atoms with Gasteiger partial charge in [0.1, 0.15) is 41.5 Å². The highest BCUT2D eigenvalue weighted by molar-refractivity contribution is 6.03. The van der Waals surface area contributed by atoms with Gasteiger partial charge in [-0.15, -0.1) is 0 Å². The molecule has 2 aliphatic heterocycles. The Morgan fingerprint density at radius 3 is 2.30 bits per heavy atom. The number of aromatic hydroxyl groups is 3. The van der Waals surface area contributed by atoms with Crippen LogP contribution in [-0.4, -0.2) is 78.2 Å². The van der Waals surface area contributed by atoms with E-state index in [0.29, 0.717) is 5.56 Å². The van der Waals surface area contributed by atoms with E-state index in [1.54, 1.807) is 0 Å². The molecule has 2 aromatic carbocycles. The number of fused-ring (bicyclic) bond motifs is 1. The molecule has 0 aliphatic carbocycles. The van der Waals surface area contributed by atoms with Crippen molar-refractivity contribution >= 4 is 11.8 Å². The van der Waals surface area contributed by atoms with Crippen molar-refractivity contribution < 1.29 is 59.5 Å². The van der Waals surface area contributed by atoms with Crippen LogP contribution in [0.2, 0.25) is 0 Å². The Kier molecular flexibility index (Phi) is 5.76. The highest BCUT2D eigenvalue weighted by Crippen LogP contribution is 2.50. The number of carboxylic acid groups (broad SMARTS) is 1. The van der Waals surface area contributed by atoms with Crippen LogP contribution in [-0.2, 0) is 9.53 Å². The number of ether oxygens (including phenoxy) is 3. The molecule has 1 fully saturated rings. The zero-order chi connectivity index (χ0) is 24.0. The first kappa shape index (κ1) is 22.6. The fourth-order valence-corrected chi connectivity index (χ4v) is 3.69. The van der Waals surface area contributed by atoms with Crippen molar-refractivity contribution in [1.29, 1.82) is 0 Å². The fourth-order valence-electron chi connectivity index (χ4n) is 3.69. The lowest BCUT2D eigenvalue weighted by Gasteiger charge is -2.38. The van der Waals surface area contributed by atoms with Gasteiger partial charge in [-0.25, -0.2) is 4.79 Å². The third kappa shape index (κ3) is 4.00. The zero-order valence-electron chi connectivity index (χ0n) is 16.7. The molecular weight excluding hydrogens is 444 g/mol. The molecule has 0 bridgehead atoms. The van der Waals surface area contributed by atoms with Gasteiger partial charge in [-0.05, 0) is 17.7 Å². The Morgan fingerprint density at radius 1 is 1.00 bits per heavy atom. The number of carbonyl (C=O) groups is 2. The molecule has 33 heavy (non-hydrogen) atoms. The van der Waals surface area contributed by atoms with Crippen LogP contribution in [0.25, 0.3) is 0 Å². The summed E-state index contributed by atoms with van der Waals surface area (Å²) in [6.07, 6.45) is -10.7. The lowest BCUT2D eigenvalue weighted by Crippen LogP contribution is -2.61. The Balaban J connectivity index is 1.66. The van der Waals surface area contributed by atoms with E-state index in [1.165, 1.54) is 24.3 Å². The van der Waals surface area contributed by atoms with E-state index in [9.17, 15) is 40.2 Å². The molecule has 0 saturated carbocycles. The lowest BCUT2D eigenvalue weighted by molar-refractivity contribution is -0.271. The van der Waals surface area contributed by atoms with Crippen molar-refractivity contribution in [3.8, 4) is 28.7 Å². The number of hydrogen-bond donors (Lipinski definition) is 7. The topological polar surface area (TPSA) is 203 Å². The number of aliphatic hydroxyl groups is 3. The van der Waals surface area contributed by atoms with E-state index in [0.717, 1.165) is 6.07 Å². The van der Waals surface area contributed by atoms with Gasteiger partial charge in [-0.2, -0.15) is 0 Å². The summed E-state index contributed by atoms with van der Waals surface area (Å²) in [6, 6.07) is 6.65. The molecule has 176 valence electrons. The fraction of sp³-hybridized carbons (Fsp3) is 0.333. The highest BCUT2D eigenvalue weighted by atomic mass is 16.7. The Labute approximate surface area is 185 Å². The first-order valence-electron chi connectivity index (χ1n) is 9.75. The van der Waals surface area contributed by atoms with Crippen molar-refractivity contribution in [2.75, 3.05) is 0 Å². The molecule has 0 aromatic heterocycles. The zero-order valence-corrected chi connectivity index (χ0v) is 16.7. The molecule has 2 aromatic rings. The van der Waals surface area contributed by atoms with Crippen LogP contribution in [0.15, 0.2) is 30.3 Å². The van der Waals surface area contributed by atoms with Gasteiger partial charge in [0.25, 0.3) is 0 Å². The second kappa shape index (κ2) is 8.41. The summed E-state index contributed by atoms with van der Waals surface area (Å²) in [5.74, 6) is -4.51.